The maximum absolute atomic E-state index is 13.3. The highest BCUT2D eigenvalue weighted by molar-refractivity contribution is 7.92. The van der Waals surface area contributed by atoms with E-state index in [9.17, 15) is 13.2 Å². The standard InChI is InChI=1S/C23H31NO7S/c1-4-5-14-31-18-9-6-17(7-10-18)8-11-20(16-23(25)24-26)32(27,28)19-12-13-21(29-2)22(15-19)30-3/h6-7,9-10,12-13,15,20,26H,4-5,8,11,14,16H2,1-3H3,(H,24,25). The minimum Gasteiger partial charge on any atom is -0.494 e. The second kappa shape index (κ2) is 12.3. The number of hydrogen-bond acceptors (Lipinski definition) is 7. The van der Waals surface area contributed by atoms with Crippen LogP contribution in [0.4, 0.5) is 0 Å². The molecule has 176 valence electrons. The molecule has 2 N–H and O–H groups in total. The van der Waals surface area contributed by atoms with Gasteiger partial charge < -0.3 is 14.2 Å². The summed E-state index contributed by atoms with van der Waals surface area (Å²) in [5.74, 6) is 0.671. The molecule has 0 bridgehead atoms. The van der Waals surface area contributed by atoms with Crippen LogP contribution in [0.15, 0.2) is 47.4 Å². The Balaban J connectivity index is 2.19. The van der Waals surface area contributed by atoms with Gasteiger partial charge in [-0.1, -0.05) is 25.5 Å². The van der Waals surface area contributed by atoms with Gasteiger partial charge in [0.2, 0.25) is 5.91 Å². The fraction of sp³-hybridized carbons (Fsp3) is 0.435. The molecule has 0 aliphatic heterocycles. The molecule has 0 fully saturated rings. The van der Waals surface area contributed by atoms with Crippen LogP contribution in [0.3, 0.4) is 0 Å². The lowest BCUT2D eigenvalue weighted by atomic mass is 10.1. The van der Waals surface area contributed by atoms with E-state index in [0.717, 1.165) is 24.2 Å². The quantitative estimate of drug-likeness (QED) is 0.264. The van der Waals surface area contributed by atoms with Gasteiger partial charge >= 0.3 is 0 Å². The largest absolute Gasteiger partial charge is 0.494 e. The summed E-state index contributed by atoms with van der Waals surface area (Å²) in [7, 11) is -1.01. The Bertz CT molecular complexity index is 974. The van der Waals surface area contributed by atoms with Gasteiger partial charge in [0.15, 0.2) is 21.3 Å². The number of hydrogen-bond donors (Lipinski definition) is 2. The summed E-state index contributed by atoms with van der Waals surface area (Å²) >= 11 is 0. The third-order valence-electron chi connectivity index (χ3n) is 5.11. The second-order valence-corrected chi connectivity index (χ2v) is 9.54. The molecule has 0 spiro atoms. The monoisotopic (exact) mass is 465 g/mol. The second-order valence-electron chi connectivity index (χ2n) is 7.31. The van der Waals surface area contributed by atoms with Gasteiger partial charge in [0.25, 0.3) is 0 Å². The average Bonchev–Trinajstić information content (AvgIpc) is 2.81. The van der Waals surface area contributed by atoms with Crippen molar-refractivity contribution in [3.05, 3.63) is 48.0 Å². The van der Waals surface area contributed by atoms with Gasteiger partial charge in [0, 0.05) is 12.5 Å². The highest BCUT2D eigenvalue weighted by Crippen LogP contribution is 2.32. The van der Waals surface area contributed by atoms with Gasteiger partial charge in [-0.15, -0.1) is 0 Å². The number of sulfone groups is 1. The Labute approximate surface area is 189 Å². The predicted octanol–water partition coefficient (Wildman–Crippen LogP) is 3.55. The third kappa shape index (κ3) is 6.86. The Morgan fingerprint density at radius 2 is 1.75 bits per heavy atom. The molecule has 2 aromatic rings. The molecular weight excluding hydrogens is 434 g/mol. The van der Waals surface area contributed by atoms with E-state index in [-0.39, 0.29) is 23.5 Å². The first-order chi connectivity index (χ1) is 15.3. The van der Waals surface area contributed by atoms with Crippen LogP contribution in [-0.2, 0) is 21.1 Å². The Hall–Kier alpha value is -2.78. The van der Waals surface area contributed by atoms with Crippen molar-refractivity contribution >= 4 is 15.7 Å². The van der Waals surface area contributed by atoms with Crippen LogP contribution >= 0.6 is 0 Å². The number of amides is 1. The first-order valence-corrected chi connectivity index (χ1v) is 12.0. The molecule has 0 aliphatic carbocycles. The SMILES string of the molecule is CCCCOc1ccc(CCC(CC(=O)NO)S(=O)(=O)c2ccc(OC)c(OC)c2)cc1. The lowest BCUT2D eigenvalue weighted by Gasteiger charge is -2.18. The van der Waals surface area contributed by atoms with Gasteiger partial charge in [-0.05, 0) is 49.1 Å². The summed E-state index contributed by atoms with van der Waals surface area (Å²) in [6.07, 6.45) is 2.29. The number of carbonyl (C=O) groups is 1. The Morgan fingerprint density at radius 1 is 1.06 bits per heavy atom. The van der Waals surface area contributed by atoms with Gasteiger partial charge in [-0.3, -0.25) is 10.0 Å². The first kappa shape index (κ1) is 25.5. The van der Waals surface area contributed by atoms with Crippen molar-refractivity contribution in [2.45, 2.75) is 49.2 Å². The number of methoxy groups -OCH3 is 2. The summed E-state index contributed by atoms with van der Waals surface area (Å²) in [5.41, 5.74) is 2.45. The van der Waals surface area contributed by atoms with Crippen LogP contribution in [0, 0.1) is 0 Å². The Morgan fingerprint density at radius 3 is 2.34 bits per heavy atom. The van der Waals surface area contributed by atoms with Crippen LogP contribution in [-0.4, -0.2) is 45.6 Å². The average molecular weight is 466 g/mol. The maximum Gasteiger partial charge on any atom is 0.244 e. The zero-order valence-electron chi connectivity index (χ0n) is 18.7. The molecule has 9 heteroatoms. The number of ether oxygens (including phenoxy) is 3. The van der Waals surface area contributed by atoms with Crippen LogP contribution in [0.5, 0.6) is 17.2 Å². The summed E-state index contributed by atoms with van der Waals surface area (Å²) in [4.78, 5) is 11.8. The van der Waals surface area contributed by atoms with E-state index in [4.69, 9.17) is 19.4 Å². The van der Waals surface area contributed by atoms with Crippen molar-refractivity contribution in [2.75, 3.05) is 20.8 Å². The highest BCUT2D eigenvalue weighted by atomic mass is 32.2. The number of aryl methyl sites for hydroxylation is 1. The normalized spacial score (nSPS) is 12.1. The van der Waals surface area contributed by atoms with E-state index in [2.05, 4.69) is 6.92 Å². The first-order valence-electron chi connectivity index (χ1n) is 10.5. The zero-order chi connectivity index (χ0) is 23.6. The van der Waals surface area contributed by atoms with E-state index in [1.165, 1.54) is 37.9 Å². The predicted molar refractivity (Wildman–Crippen MR) is 120 cm³/mol. The lowest BCUT2D eigenvalue weighted by Crippen LogP contribution is -2.30. The molecular formula is C23H31NO7S. The van der Waals surface area contributed by atoms with Crippen LogP contribution < -0.4 is 19.7 Å². The molecule has 0 saturated heterocycles. The van der Waals surface area contributed by atoms with Crippen molar-refractivity contribution in [2.24, 2.45) is 0 Å². The van der Waals surface area contributed by atoms with Crippen molar-refractivity contribution < 1.29 is 32.6 Å². The summed E-state index contributed by atoms with van der Waals surface area (Å²) in [6, 6.07) is 11.8. The number of benzene rings is 2. The fourth-order valence-corrected chi connectivity index (χ4v) is 4.93. The number of nitrogens with one attached hydrogen (secondary N) is 1. The van der Waals surface area contributed by atoms with Crippen molar-refractivity contribution in [1.82, 2.24) is 5.48 Å². The summed E-state index contributed by atoms with van der Waals surface area (Å²) in [6.45, 7) is 2.74. The maximum atomic E-state index is 13.3. The fourth-order valence-electron chi connectivity index (χ4n) is 3.22. The third-order valence-corrected chi connectivity index (χ3v) is 7.30. The topological polar surface area (TPSA) is 111 Å². The van der Waals surface area contributed by atoms with E-state index < -0.39 is 21.0 Å². The molecule has 1 atom stereocenters. The van der Waals surface area contributed by atoms with Gasteiger partial charge in [-0.2, -0.15) is 0 Å². The molecule has 1 unspecified atom stereocenters. The van der Waals surface area contributed by atoms with E-state index in [1.807, 2.05) is 24.3 Å². The van der Waals surface area contributed by atoms with Crippen molar-refractivity contribution in [3.63, 3.8) is 0 Å². The molecule has 1 amide bonds. The molecule has 2 aromatic carbocycles. The number of carbonyl (C=O) groups excluding carboxylic acids is 1. The summed E-state index contributed by atoms with van der Waals surface area (Å²) in [5, 5.41) is 7.90. The van der Waals surface area contributed by atoms with Gasteiger partial charge in [-0.25, -0.2) is 13.9 Å². The van der Waals surface area contributed by atoms with Crippen LogP contribution in [0.1, 0.15) is 38.2 Å². The number of unbranched alkanes of at least 4 members (excludes halogenated alkanes) is 1. The number of rotatable bonds is 13. The molecule has 8 nitrogen and oxygen atoms in total. The smallest absolute Gasteiger partial charge is 0.244 e. The van der Waals surface area contributed by atoms with Crippen molar-refractivity contribution in [1.29, 1.82) is 0 Å². The Kier molecular flexibility index (Phi) is 9.80. The summed E-state index contributed by atoms with van der Waals surface area (Å²) < 4.78 is 42.6. The van der Waals surface area contributed by atoms with Crippen LogP contribution in [0.25, 0.3) is 0 Å². The lowest BCUT2D eigenvalue weighted by molar-refractivity contribution is -0.129. The molecule has 32 heavy (non-hydrogen) atoms. The molecule has 0 heterocycles. The highest BCUT2D eigenvalue weighted by Gasteiger charge is 2.30. The van der Waals surface area contributed by atoms with E-state index in [0.29, 0.717) is 18.8 Å². The molecule has 0 radical (unpaired) electrons. The number of hydroxylamine groups is 1. The zero-order valence-corrected chi connectivity index (χ0v) is 19.5. The molecule has 0 saturated carbocycles. The van der Waals surface area contributed by atoms with Gasteiger partial charge in [0.05, 0.1) is 31.0 Å². The van der Waals surface area contributed by atoms with Crippen molar-refractivity contribution in [3.8, 4) is 17.2 Å². The van der Waals surface area contributed by atoms with Crippen LogP contribution in [0.2, 0.25) is 0 Å². The molecule has 0 aliphatic rings. The van der Waals surface area contributed by atoms with E-state index >= 15 is 0 Å². The minimum atomic E-state index is -3.89. The minimum absolute atomic E-state index is 0.0190. The molecule has 0 aromatic heterocycles. The molecule has 2 rings (SSSR count). The van der Waals surface area contributed by atoms with Gasteiger partial charge in [0.1, 0.15) is 5.75 Å². The van der Waals surface area contributed by atoms with E-state index in [1.54, 1.807) is 0 Å².